The van der Waals surface area contributed by atoms with Gasteiger partial charge in [-0.25, -0.2) is 0 Å². The molecule has 1 unspecified atom stereocenters. The van der Waals surface area contributed by atoms with E-state index in [0.29, 0.717) is 11.7 Å². The molecule has 0 heterocycles. The van der Waals surface area contributed by atoms with Gasteiger partial charge in [0.15, 0.2) is 0 Å². The molecule has 0 aromatic heterocycles. The Hall–Kier alpha value is -1.15. The molecule has 0 aliphatic rings. The van der Waals surface area contributed by atoms with Gasteiger partial charge in [0.05, 0.1) is 13.7 Å². The second-order valence-electron chi connectivity index (χ2n) is 4.44. The molecule has 1 aromatic rings. The van der Waals surface area contributed by atoms with Crippen LogP contribution in [0.2, 0.25) is 0 Å². The number of ether oxygens (including phenoxy) is 1. The van der Waals surface area contributed by atoms with Crippen molar-refractivity contribution in [1.29, 1.82) is 0 Å². The fourth-order valence-corrected chi connectivity index (χ4v) is 2.65. The molecule has 0 bridgehead atoms. The van der Waals surface area contributed by atoms with Crippen molar-refractivity contribution in [2.75, 3.05) is 20.3 Å². The van der Waals surface area contributed by atoms with Gasteiger partial charge in [-0.3, -0.25) is 0 Å². The number of benzene rings is 1. The zero-order chi connectivity index (χ0) is 14.8. The fraction of sp³-hybridized carbons (Fsp3) is 0.500. The number of thioether (sulfide) groups is 1. The Morgan fingerprint density at radius 1 is 1.30 bits per heavy atom. The number of rotatable bonds is 7. The van der Waals surface area contributed by atoms with Gasteiger partial charge in [-0.15, -0.1) is 0 Å². The Bertz CT molecular complexity index is 463. The van der Waals surface area contributed by atoms with Crippen LogP contribution in [-0.2, 0) is 5.75 Å². The molecule has 1 aromatic carbocycles. The predicted octanol–water partition coefficient (Wildman–Crippen LogP) is 2.43. The molecule has 0 aliphatic carbocycles. The Kier molecular flexibility index (Phi) is 8.20. The molecule has 20 heavy (non-hydrogen) atoms. The molecule has 2 N–H and O–H groups in total. The first-order chi connectivity index (χ1) is 9.71. The molecule has 110 valence electrons. The Morgan fingerprint density at radius 2 is 2.10 bits per heavy atom. The molecule has 3 nitrogen and oxygen atoms in total. The van der Waals surface area contributed by atoms with E-state index in [1.165, 1.54) is 0 Å². The lowest BCUT2D eigenvalue weighted by molar-refractivity contribution is 0.289. The van der Waals surface area contributed by atoms with Crippen molar-refractivity contribution in [2.45, 2.75) is 30.8 Å². The van der Waals surface area contributed by atoms with E-state index < -0.39 is 0 Å². The van der Waals surface area contributed by atoms with E-state index in [9.17, 15) is 0 Å². The third-order valence-corrected chi connectivity index (χ3v) is 4.09. The monoisotopic (exact) mass is 294 g/mol. The zero-order valence-corrected chi connectivity index (χ0v) is 12.9. The maximum Gasteiger partial charge on any atom is 0.122 e. The minimum atomic E-state index is 0.0878. The van der Waals surface area contributed by atoms with Gasteiger partial charge in [-0.1, -0.05) is 18.8 Å². The van der Waals surface area contributed by atoms with Crippen molar-refractivity contribution in [3.05, 3.63) is 29.3 Å². The van der Waals surface area contributed by atoms with Crippen molar-refractivity contribution in [3.63, 3.8) is 0 Å². The predicted molar refractivity (Wildman–Crippen MR) is 84.0 cm³/mol. The highest BCUT2D eigenvalue weighted by Gasteiger charge is 2.07. The van der Waals surface area contributed by atoms with Gasteiger partial charge < -0.3 is 14.9 Å². The second-order valence-corrected chi connectivity index (χ2v) is 5.86. The first-order valence-corrected chi connectivity index (χ1v) is 7.75. The van der Waals surface area contributed by atoms with Gasteiger partial charge in [-0.05, 0) is 24.6 Å². The highest BCUT2D eigenvalue weighted by atomic mass is 32.2. The molecule has 0 aliphatic heterocycles. The van der Waals surface area contributed by atoms with Gasteiger partial charge in [-0.2, -0.15) is 11.8 Å². The summed E-state index contributed by atoms with van der Waals surface area (Å²) in [7, 11) is 1.66. The first kappa shape index (κ1) is 16.9. The number of aliphatic hydroxyl groups is 2. The topological polar surface area (TPSA) is 49.7 Å². The van der Waals surface area contributed by atoms with Crippen LogP contribution >= 0.6 is 11.8 Å². The van der Waals surface area contributed by atoms with Crippen LogP contribution < -0.4 is 4.74 Å². The number of hydrogen-bond acceptors (Lipinski definition) is 4. The SMILES string of the molecule is COc1ccc(C#CCCO)cc1CSC(C)CCO. The van der Waals surface area contributed by atoms with Gasteiger partial charge in [0, 0.05) is 35.2 Å². The maximum atomic E-state index is 8.92. The first-order valence-electron chi connectivity index (χ1n) is 6.70. The lowest BCUT2D eigenvalue weighted by Gasteiger charge is -2.12. The van der Waals surface area contributed by atoms with E-state index in [2.05, 4.69) is 18.8 Å². The normalized spacial score (nSPS) is 11.6. The molecule has 1 atom stereocenters. The average molecular weight is 294 g/mol. The average Bonchev–Trinajstić information content (AvgIpc) is 2.46. The highest BCUT2D eigenvalue weighted by molar-refractivity contribution is 7.99. The quantitative estimate of drug-likeness (QED) is 0.758. The minimum absolute atomic E-state index is 0.0878. The third kappa shape index (κ3) is 5.87. The van der Waals surface area contributed by atoms with Crippen LogP contribution in [0.15, 0.2) is 18.2 Å². The molecule has 1 rings (SSSR count). The summed E-state index contributed by atoms with van der Waals surface area (Å²) in [5.41, 5.74) is 2.04. The van der Waals surface area contributed by atoms with Gasteiger partial charge >= 0.3 is 0 Å². The highest BCUT2D eigenvalue weighted by Crippen LogP contribution is 2.27. The standard InChI is InChI=1S/C16H22O3S/c1-13(8-10-18)20-12-15-11-14(5-3-4-9-17)6-7-16(15)19-2/h6-7,11,13,17-18H,4,8-10,12H2,1-2H3. The van der Waals surface area contributed by atoms with Crippen molar-refractivity contribution in [2.24, 2.45) is 0 Å². The largest absolute Gasteiger partial charge is 0.496 e. The van der Waals surface area contributed by atoms with Crippen molar-refractivity contribution in [1.82, 2.24) is 0 Å². The summed E-state index contributed by atoms with van der Waals surface area (Å²) in [5.74, 6) is 7.65. The summed E-state index contributed by atoms with van der Waals surface area (Å²) >= 11 is 1.79. The molecule has 0 saturated carbocycles. The summed E-state index contributed by atoms with van der Waals surface area (Å²) in [4.78, 5) is 0. The van der Waals surface area contributed by atoms with Crippen LogP contribution in [0.5, 0.6) is 5.75 Å². The second kappa shape index (κ2) is 9.71. The Morgan fingerprint density at radius 3 is 2.75 bits per heavy atom. The van der Waals surface area contributed by atoms with Crippen molar-refractivity contribution >= 4 is 11.8 Å². The summed E-state index contributed by atoms with van der Waals surface area (Å²) in [5, 5.41) is 18.1. The minimum Gasteiger partial charge on any atom is -0.496 e. The van der Waals surface area contributed by atoms with E-state index in [4.69, 9.17) is 14.9 Å². The molecular formula is C16H22O3S. The third-order valence-electron chi connectivity index (χ3n) is 2.81. The van der Waals surface area contributed by atoms with Crippen LogP contribution in [0.25, 0.3) is 0 Å². The number of methoxy groups -OCH3 is 1. The number of aliphatic hydroxyl groups excluding tert-OH is 2. The van der Waals surface area contributed by atoms with Crippen LogP contribution in [0.4, 0.5) is 0 Å². The van der Waals surface area contributed by atoms with E-state index in [0.717, 1.165) is 29.1 Å². The van der Waals surface area contributed by atoms with Crippen molar-refractivity contribution in [3.8, 4) is 17.6 Å². The lowest BCUT2D eigenvalue weighted by Crippen LogP contribution is -2.01. The maximum absolute atomic E-state index is 8.92. The molecule has 0 fully saturated rings. The molecule has 0 radical (unpaired) electrons. The fourth-order valence-electron chi connectivity index (χ4n) is 1.69. The molecule has 0 spiro atoms. The van der Waals surface area contributed by atoms with Crippen LogP contribution in [0.3, 0.4) is 0 Å². The van der Waals surface area contributed by atoms with Crippen LogP contribution in [0, 0.1) is 11.8 Å². The summed E-state index contributed by atoms with van der Waals surface area (Å²) < 4.78 is 5.37. The van der Waals surface area contributed by atoms with E-state index in [-0.39, 0.29) is 13.2 Å². The van der Waals surface area contributed by atoms with Gasteiger partial charge in [0.1, 0.15) is 5.75 Å². The van der Waals surface area contributed by atoms with Gasteiger partial charge in [0.25, 0.3) is 0 Å². The smallest absolute Gasteiger partial charge is 0.122 e. The Balaban J connectivity index is 2.76. The lowest BCUT2D eigenvalue weighted by atomic mass is 10.1. The summed E-state index contributed by atoms with van der Waals surface area (Å²) in [6.45, 7) is 2.42. The number of hydrogen-bond donors (Lipinski definition) is 2. The van der Waals surface area contributed by atoms with Crippen LogP contribution in [0.1, 0.15) is 30.9 Å². The van der Waals surface area contributed by atoms with Gasteiger partial charge in [0.2, 0.25) is 0 Å². The van der Waals surface area contributed by atoms with E-state index >= 15 is 0 Å². The van der Waals surface area contributed by atoms with Crippen LogP contribution in [-0.4, -0.2) is 35.8 Å². The molecule has 0 saturated heterocycles. The molecular weight excluding hydrogens is 272 g/mol. The molecule has 0 amide bonds. The zero-order valence-electron chi connectivity index (χ0n) is 12.1. The van der Waals surface area contributed by atoms with Crippen molar-refractivity contribution < 1.29 is 14.9 Å². The Labute approximate surface area is 125 Å². The summed E-state index contributed by atoms with van der Waals surface area (Å²) in [6, 6.07) is 5.88. The van der Waals surface area contributed by atoms with E-state index in [1.54, 1.807) is 18.9 Å². The van der Waals surface area contributed by atoms with E-state index in [1.807, 2.05) is 18.2 Å². The summed E-state index contributed by atoms with van der Waals surface area (Å²) in [6.07, 6.45) is 1.28. The molecule has 4 heteroatoms.